The van der Waals surface area contributed by atoms with Gasteiger partial charge in [0, 0.05) is 16.0 Å². The molecule has 4 nitrogen and oxygen atoms in total. The van der Waals surface area contributed by atoms with Crippen LogP contribution in [-0.2, 0) is 16.6 Å². The summed E-state index contributed by atoms with van der Waals surface area (Å²) in [7, 11) is -3.70. The average Bonchev–Trinajstić information content (AvgIpc) is 2.42. The van der Waals surface area contributed by atoms with Crippen LogP contribution in [0.5, 0.6) is 0 Å². The maximum atomic E-state index is 12.4. The van der Waals surface area contributed by atoms with E-state index in [1.165, 1.54) is 12.1 Å². The fourth-order valence-electron chi connectivity index (χ4n) is 1.77. The summed E-state index contributed by atoms with van der Waals surface area (Å²) in [5, 5.41) is 0.336. The molecule has 2 aromatic rings. The Morgan fingerprint density at radius 3 is 2.52 bits per heavy atom. The first kappa shape index (κ1) is 16.3. The lowest BCUT2D eigenvalue weighted by Gasteiger charge is -2.11. The highest BCUT2D eigenvalue weighted by Gasteiger charge is 2.17. The van der Waals surface area contributed by atoms with Crippen LogP contribution in [0.4, 0.5) is 5.69 Å². The van der Waals surface area contributed by atoms with Gasteiger partial charge in [0.25, 0.3) is 10.0 Å². The van der Waals surface area contributed by atoms with Gasteiger partial charge in [-0.2, -0.15) is 0 Å². The number of benzene rings is 2. The molecule has 0 aliphatic carbocycles. The van der Waals surface area contributed by atoms with E-state index in [2.05, 4.69) is 20.7 Å². The normalized spacial score (nSPS) is 11.4. The lowest BCUT2D eigenvalue weighted by molar-refractivity contribution is 0.601. The van der Waals surface area contributed by atoms with Crippen LogP contribution in [0.2, 0.25) is 5.02 Å². The van der Waals surface area contributed by atoms with E-state index < -0.39 is 10.0 Å². The number of halogens is 2. The summed E-state index contributed by atoms with van der Waals surface area (Å²) < 4.78 is 27.9. The van der Waals surface area contributed by atoms with E-state index in [-0.39, 0.29) is 11.4 Å². The molecule has 21 heavy (non-hydrogen) atoms. The average molecular weight is 390 g/mol. The molecule has 0 aromatic heterocycles. The van der Waals surface area contributed by atoms with Gasteiger partial charge in [-0.1, -0.05) is 23.7 Å². The largest absolute Gasteiger partial charge is 0.326 e. The van der Waals surface area contributed by atoms with E-state index in [1.807, 2.05) is 19.1 Å². The van der Waals surface area contributed by atoms with Crippen LogP contribution in [-0.4, -0.2) is 8.42 Å². The summed E-state index contributed by atoms with van der Waals surface area (Å²) >= 11 is 9.35. The first-order valence-corrected chi connectivity index (χ1v) is 8.76. The highest BCUT2D eigenvalue weighted by atomic mass is 79.9. The van der Waals surface area contributed by atoms with Gasteiger partial charge in [-0.25, -0.2) is 8.42 Å². The van der Waals surface area contributed by atoms with E-state index in [4.69, 9.17) is 17.3 Å². The quantitative estimate of drug-likeness (QED) is 0.838. The van der Waals surface area contributed by atoms with Crippen molar-refractivity contribution >= 4 is 43.2 Å². The van der Waals surface area contributed by atoms with Crippen molar-refractivity contribution in [3.63, 3.8) is 0 Å². The first-order chi connectivity index (χ1) is 9.83. The van der Waals surface area contributed by atoms with Gasteiger partial charge < -0.3 is 5.73 Å². The number of anilines is 1. The molecular formula is C14H14BrClN2O2S. The number of hydrogen-bond acceptors (Lipinski definition) is 3. The van der Waals surface area contributed by atoms with Gasteiger partial charge in [0.2, 0.25) is 0 Å². The van der Waals surface area contributed by atoms with Crippen LogP contribution < -0.4 is 10.5 Å². The highest BCUT2D eigenvalue weighted by Crippen LogP contribution is 2.27. The minimum Gasteiger partial charge on any atom is -0.326 e. The predicted molar refractivity (Wildman–Crippen MR) is 89.0 cm³/mol. The smallest absolute Gasteiger partial charge is 0.261 e. The zero-order chi connectivity index (χ0) is 15.6. The lowest BCUT2D eigenvalue weighted by atomic mass is 10.2. The SMILES string of the molecule is Cc1ccc(NS(=O)(=O)c2ccc(CN)c(Cl)c2)c(Br)c1. The molecule has 0 amide bonds. The Balaban J connectivity index is 2.36. The van der Waals surface area contributed by atoms with Gasteiger partial charge in [0.1, 0.15) is 0 Å². The molecule has 2 rings (SSSR count). The molecule has 112 valence electrons. The fourth-order valence-corrected chi connectivity index (χ4v) is 3.92. The second-order valence-corrected chi connectivity index (χ2v) is 7.49. The molecule has 2 aromatic carbocycles. The fraction of sp³-hybridized carbons (Fsp3) is 0.143. The number of aryl methyl sites for hydroxylation is 1. The van der Waals surface area contributed by atoms with Gasteiger partial charge in [-0.3, -0.25) is 4.72 Å². The Morgan fingerprint density at radius 1 is 1.24 bits per heavy atom. The Hall–Kier alpha value is -1.08. The molecule has 0 aliphatic rings. The van der Waals surface area contributed by atoms with Crippen LogP contribution in [0.25, 0.3) is 0 Å². The van der Waals surface area contributed by atoms with E-state index in [0.29, 0.717) is 20.7 Å². The Labute approximate surface area is 137 Å². The first-order valence-electron chi connectivity index (χ1n) is 6.11. The number of rotatable bonds is 4. The van der Waals surface area contributed by atoms with Crippen LogP contribution in [0.1, 0.15) is 11.1 Å². The molecule has 0 saturated heterocycles. The van der Waals surface area contributed by atoms with Crippen LogP contribution in [0, 0.1) is 6.92 Å². The molecule has 0 fully saturated rings. The van der Waals surface area contributed by atoms with Gasteiger partial charge in [-0.05, 0) is 58.2 Å². The Morgan fingerprint density at radius 2 is 1.95 bits per heavy atom. The molecule has 0 aliphatic heterocycles. The van der Waals surface area contributed by atoms with Crippen molar-refractivity contribution in [3.05, 3.63) is 57.0 Å². The minimum absolute atomic E-state index is 0.0946. The van der Waals surface area contributed by atoms with Crippen LogP contribution in [0.3, 0.4) is 0 Å². The number of nitrogens with two attached hydrogens (primary N) is 1. The van der Waals surface area contributed by atoms with Gasteiger partial charge >= 0.3 is 0 Å². The molecule has 0 bridgehead atoms. The number of nitrogens with one attached hydrogen (secondary N) is 1. The topological polar surface area (TPSA) is 72.2 Å². The van der Waals surface area contributed by atoms with E-state index in [1.54, 1.807) is 12.1 Å². The summed E-state index contributed by atoms with van der Waals surface area (Å²) in [6.07, 6.45) is 0. The summed E-state index contributed by atoms with van der Waals surface area (Å²) in [6.45, 7) is 2.18. The third-order valence-electron chi connectivity index (χ3n) is 2.92. The Bertz CT molecular complexity index is 779. The third kappa shape index (κ3) is 3.77. The molecule has 0 saturated carbocycles. The third-order valence-corrected chi connectivity index (χ3v) is 5.29. The second kappa shape index (κ2) is 6.36. The summed E-state index contributed by atoms with van der Waals surface area (Å²) in [5.74, 6) is 0. The molecule has 3 N–H and O–H groups in total. The highest BCUT2D eigenvalue weighted by molar-refractivity contribution is 9.10. The maximum absolute atomic E-state index is 12.4. The van der Waals surface area contributed by atoms with Crippen LogP contribution >= 0.6 is 27.5 Å². The van der Waals surface area contributed by atoms with Gasteiger partial charge in [-0.15, -0.1) is 0 Å². The summed E-state index contributed by atoms with van der Waals surface area (Å²) in [4.78, 5) is 0.0946. The molecule has 0 heterocycles. The Kier molecular flexibility index (Phi) is 4.93. The molecule has 0 unspecified atom stereocenters. The summed E-state index contributed by atoms with van der Waals surface area (Å²) in [5.41, 5.74) is 7.71. The van der Waals surface area contributed by atoms with Gasteiger partial charge in [0.05, 0.1) is 10.6 Å². The van der Waals surface area contributed by atoms with Crippen molar-refractivity contribution in [2.24, 2.45) is 5.73 Å². The standard InChI is InChI=1S/C14H14BrClN2O2S/c1-9-2-5-14(12(15)6-9)18-21(19,20)11-4-3-10(8-17)13(16)7-11/h2-7,18H,8,17H2,1H3. The second-order valence-electron chi connectivity index (χ2n) is 4.55. The van der Waals surface area contributed by atoms with Crippen molar-refractivity contribution in [3.8, 4) is 0 Å². The summed E-state index contributed by atoms with van der Waals surface area (Å²) in [6, 6.07) is 9.86. The van der Waals surface area contributed by atoms with Crippen molar-refractivity contribution < 1.29 is 8.42 Å². The molecule has 7 heteroatoms. The minimum atomic E-state index is -3.70. The molecule has 0 radical (unpaired) electrons. The zero-order valence-corrected chi connectivity index (χ0v) is 14.4. The maximum Gasteiger partial charge on any atom is 0.261 e. The monoisotopic (exact) mass is 388 g/mol. The van der Waals surface area contributed by atoms with Crippen molar-refractivity contribution in [1.82, 2.24) is 0 Å². The van der Waals surface area contributed by atoms with E-state index in [0.717, 1.165) is 5.56 Å². The van der Waals surface area contributed by atoms with Crippen molar-refractivity contribution in [2.75, 3.05) is 4.72 Å². The van der Waals surface area contributed by atoms with Crippen molar-refractivity contribution in [2.45, 2.75) is 18.4 Å². The lowest BCUT2D eigenvalue weighted by Crippen LogP contribution is -2.13. The van der Waals surface area contributed by atoms with Crippen LogP contribution in [0.15, 0.2) is 45.8 Å². The molecular weight excluding hydrogens is 376 g/mol. The number of sulfonamides is 1. The molecule has 0 atom stereocenters. The predicted octanol–water partition coefficient (Wildman–Crippen LogP) is 3.67. The van der Waals surface area contributed by atoms with Gasteiger partial charge in [0.15, 0.2) is 0 Å². The number of hydrogen-bond donors (Lipinski definition) is 2. The van der Waals surface area contributed by atoms with E-state index in [9.17, 15) is 8.42 Å². The van der Waals surface area contributed by atoms with E-state index >= 15 is 0 Å². The zero-order valence-electron chi connectivity index (χ0n) is 11.2. The van der Waals surface area contributed by atoms with Crippen molar-refractivity contribution in [1.29, 1.82) is 0 Å². The molecule has 0 spiro atoms.